The summed E-state index contributed by atoms with van der Waals surface area (Å²) in [4.78, 5) is 0. The number of para-hydroxylation sites is 1. The van der Waals surface area contributed by atoms with E-state index in [4.69, 9.17) is 10.5 Å². The molecule has 1 atom stereocenters. The Hall–Kier alpha value is -2.62. The zero-order chi connectivity index (χ0) is 22.0. The van der Waals surface area contributed by atoms with E-state index in [1.807, 2.05) is 6.07 Å². The van der Waals surface area contributed by atoms with E-state index >= 15 is 0 Å². The van der Waals surface area contributed by atoms with Gasteiger partial charge in [-0.1, -0.05) is 24.3 Å². The van der Waals surface area contributed by atoms with Crippen molar-refractivity contribution in [3.8, 4) is 11.5 Å². The first-order chi connectivity index (χ1) is 14.1. The predicted molar refractivity (Wildman–Crippen MR) is 110 cm³/mol. The fourth-order valence-electron chi connectivity index (χ4n) is 3.42. The number of ether oxygens (including phenoxy) is 1. The van der Waals surface area contributed by atoms with Crippen LogP contribution < -0.4 is 14.4 Å². The minimum absolute atomic E-state index is 0.00624. The quantitative estimate of drug-likeness (QED) is 0.678. The van der Waals surface area contributed by atoms with Crippen LogP contribution in [0.25, 0.3) is 0 Å². The Morgan fingerprint density at radius 1 is 1.10 bits per heavy atom. The minimum Gasteiger partial charge on any atom is -0.457 e. The molecule has 0 amide bonds. The first kappa shape index (κ1) is 22.1. The standard InChI is InChI=1S/C21H22F3N2O3S/c1-16-12-19(29-18-7-3-2-4-8-18)9-10-20(16)26(11-5-6-17(13-25)14-26)30(27,28)15-21(22,23)24/h2-10,12,14H,11,13,15,25H2,1H3/q+1. The van der Waals surface area contributed by atoms with Crippen molar-refractivity contribution in [2.45, 2.75) is 13.1 Å². The second kappa shape index (κ2) is 8.25. The van der Waals surface area contributed by atoms with Crippen LogP contribution in [-0.4, -0.2) is 33.4 Å². The van der Waals surface area contributed by atoms with Crippen molar-refractivity contribution in [1.29, 1.82) is 0 Å². The summed E-state index contributed by atoms with van der Waals surface area (Å²) >= 11 is 0. The molecule has 1 heterocycles. The predicted octanol–water partition coefficient (Wildman–Crippen LogP) is 4.40. The first-order valence-corrected chi connectivity index (χ1v) is 10.8. The molecule has 0 saturated carbocycles. The van der Waals surface area contributed by atoms with Gasteiger partial charge in [0.15, 0.2) is 11.4 Å². The van der Waals surface area contributed by atoms with E-state index < -0.39 is 25.8 Å². The largest absolute Gasteiger partial charge is 0.457 e. The maximum absolute atomic E-state index is 13.1. The van der Waals surface area contributed by atoms with E-state index in [1.165, 1.54) is 18.3 Å². The highest BCUT2D eigenvalue weighted by Crippen LogP contribution is 2.39. The van der Waals surface area contributed by atoms with Crippen LogP contribution in [0, 0.1) is 6.92 Å². The molecule has 0 bridgehead atoms. The van der Waals surface area contributed by atoms with Crippen molar-refractivity contribution in [2.75, 3.05) is 18.8 Å². The van der Waals surface area contributed by atoms with Gasteiger partial charge in [-0.2, -0.15) is 25.5 Å². The Labute approximate surface area is 173 Å². The van der Waals surface area contributed by atoms with Gasteiger partial charge in [0.2, 0.25) is 0 Å². The molecule has 30 heavy (non-hydrogen) atoms. The fourth-order valence-corrected chi connectivity index (χ4v) is 5.18. The maximum atomic E-state index is 13.1. The molecule has 3 rings (SSSR count). The van der Waals surface area contributed by atoms with Gasteiger partial charge in [-0.15, -0.1) is 0 Å². The summed E-state index contributed by atoms with van der Waals surface area (Å²) in [7, 11) is -4.70. The van der Waals surface area contributed by atoms with Gasteiger partial charge in [-0.25, -0.2) is 0 Å². The second-order valence-electron chi connectivity index (χ2n) is 6.99. The average Bonchev–Trinajstić information content (AvgIpc) is 2.67. The molecule has 1 unspecified atom stereocenters. The summed E-state index contributed by atoms with van der Waals surface area (Å²) in [5.74, 6) is -0.905. The summed E-state index contributed by atoms with van der Waals surface area (Å²) in [6.45, 7) is 1.48. The van der Waals surface area contributed by atoms with E-state index in [0.29, 0.717) is 22.6 Å². The third-order valence-electron chi connectivity index (χ3n) is 4.72. The third kappa shape index (κ3) is 4.58. The van der Waals surface area contributed by atoms with Crippen LogP contribution in [0.1, 0.15) is 5.56 Å². The van der Waals surface area contributed by atoms with Gasteiger partial charge >= 0.3 is 16.2 Å². The third-order valence-corrected chi connectivity index (χ3v) is 6.85. The van der Waals surface area contributed by atoms with Crippen molar-refractivity contribution >= 4 is 15.7 Å². The lowest BCUT2D eigenvalue weighted by Gasteiger charge is -2.35. The molecule has 1 aliphatic heterocycles. The minimum atomic E-state index is -4.87. The van der Waals surface area contributed by atoms with Crippen molar-refractivity contribution in [3.05, 3.63) is 78.0 Å². The number of hydrogen-bond acceptors (Lipinski definition) is 4. The number of quaternary nitrogens is 1. The number of benzene rings is 2. The van der Waals surface area contributed by atoms with E-state index in [2.05, 4.69) is 0 Å². The van der Waals surface area contributed by atoms with Crippen molar-refractivity contribution in [3.63, 3.8) is 0 Å². The van der Waals surface area contributed by atoms with E-state index in [-0.39, 0.29) is 18.8 Å². The molecule has 0 aliphatic carbocycles. The van der Waals surface area contributed by atoms with Crippen molar-refractivity contribution in [2.24, 2.45) is 5.73 Å². The van der Waals surface area contributed by atoms with Gasteiger partial charge in [0.25, 0.3) is 0 Å². The number of hydrogen-bond donors (Lipinski definition) is 1. The zero-order valence-electron chi connectivity index (χ0n) is 16.3. The van der Waals surface area contributed by atoms with E-state index in [1.54, 1.807) is 49.4 Å². The topological polar surface area (TPSA) is 69.4 Å². The molecule has 0 fully saturated rings. The summed E-state index contributed by atoms with van der Waals surface area (Å²) in [5.41, 5.74) is 6.80. The van der Waals surface area contributed by atoms with Crippen LogP contribution in [0.3, 0.4) is 0 Å². The molecule has 2 N–H and O–H groups in total. The van der Waals surface area contributed by atoms with Gasteiger partial charge in [0.1, 0.15) is 24.2 Å². The summed E-state index contributed by atoms with van der Waals surface area (Å²) < 4.78 is 70.1. The normalized spacial score (nSPS) is 19.4. The van der Waals surface area contributed by atoms with Gasteiger partial charge in [-0.05, 0) is 37.3 Å². The summed E-state index contributed by atoms with van der Waals surface area (Å²) in [5, 5.41) is 0. The Bertz CT molecular complexity index is 1080. The molecule has 0 radical (unpaired) electrons. The number of sulfonamides is 1. The Morgan fingerprint density at radius 3 is 2.40 bits per heavy atom. The molecule has 9 heteroatoms. The smallest absolute Gasteiger partial charge is 0.408 e. The lowest BCUT2D eigenvalue weighted by Crippen LogP contribution is -2.54. The Morgan fingerprint density at radius 2 is 1.80 bits per heavy atom. The van der Waals surface area contributed by atoms with Gasteiger partial charge in [0.05, 0.1) is 0 Å². The van der Waals surface area contributed by atoms with Crippen molar-refractivity contribution < 1.29 is 26.3 Å². The van der Waals surface area contributed by atoms with E-state index in [9.17, 15) is 21.6 Å². The Kier molecular flexibility index (Phi) is 6.07. The Balaban J connectivity index is 2.09. The lowest BCUT2D eigenvalue weighted by atomic mass is 10.1. The number of alkyl halides is 3. The average molecular weight is 439 g/mol. The van der Waals surface area contributed by atoms with Crippen LogP contribution in [0.2, 0.25) is 0 Å². The van der Waals surface area contributed by atoms with Gasteiger partial charge < -0.3 is 10.5 Å². The van der Waals surface area contributed by atoms with Gasteiger partial charge in [0, 0.05) is 23.7 Å². The highest BCUT2D eigenvalue weighted by Gasteiger charge is 2.50. The molecule has 1 aliphatic rings. The molecule has 160 valence electrons. The molecule has 2 aromatic rings. The highest BCUT2D eigenvalue weighted by atomic mass is 32.2. The van der Waals surface area contributed by atoms with Crippen LogP contribution >= 0.6 is 0 Å². The number of rotatable bonds is 6. The summed E-state index contributed by atoms with van der Waals surface area (Å²) in [6.07, 6.45) is -0.418. The van der Waals surface area contributed by atoms with Crippen LogP contribution in [0.4, 0.5) is 18.9 Å². The lowest BCUT2D eigenvalue weighted by molar-refractivity contribution is -0.106. The molecule has 2 aromatic carbocycles. The number of aryl methyl sites for hydroxylation is 1. The van der Waals surface area contributed by atoms with Gasteiger partial charge in [-0.3, -0.25) is 0 Å². The summed E-state index contributed by atoms with van der Waals surface area (Å²) in [6, 6.07) is 13.6. The SMILES string of the molecule is Cc1cc(Oc2ccccc2)ccc1[N+]1(S(=O)(=O)CC(F)(F)F)C=C(CN)C=CC1. The zero-order valence-corrected chi connectivity index (χ0v) is 17.1. The molecule has 0 spiro atoms. The van der Waals surface area contributed by atoms with Crippen molar-refractivity contribution in [1.82, 2.24) is 3.89 Å². The number of nitrogens with zero attached hydrogens (tertiary/aromatic N) is 1. The first-order valence-electron chi connectivity index (χ1n) is 9.16. The second-order valence-corrected chi connectivity index (χ2v) is 9.10. The molecule has 5 nitrogen and oxygen atoms in total. The maximum Gasteiger partial charge on any atom is 0.408 e. The molecule has 0 aromatic heterocycles. The fraction of sp³-hybridized carbons (Fsp3) is 0.238. The van der Waals surface area contributed by atoms with Crippen LogP contribution in [-0.2, 0) is 10.0 Å². The van der Waals surface area contributed by atoms with E-state index in [0.717, 1.165) is 0 Å². The number of nitrogens with two attached hydrogens (primary N) is 1. The van der Waals surface area contributed by atoms with Crippen LogP contribution in [0.5, 0.6) is 11.5 Å². The highest BCUT2D eigenvalue weighted by molar-refractivity contribution is 7.91. The molecular formula is C21H22F3N2O3S+. The van der Waals surface area contributed by atoms with Crippen LogP contribution in [0.15, 0.2) is 72.5 Å². The number of halogens is 3. The monoisotopic (exact) mass is 439 g/mol. The molecule has 0 saturated heterocycles. The molecular weight excluding hydrogens is 417 g/mol.